The van der Waals surface area contributed by atoms with E-state index in [1.54, 1.807) is 12.1 Å². The van der Waals surface area contributed by atoms with E-state index in [0.29, 0.717) is 23.0 Å². The van der Waals surface area contributed by atoms with Gasteiger partial charge in [0.15, 0.2) is 5.13 Å². The Morgan fingerprint density at radius 3 is 2.38 bits per heavy atom. The zero-order valence-corrected chi connectivity index (χ0v) is 23.1. The number of thiazole rings is 1. The molecular weight excluding hydrogens is 526 g/mol. The molecule has 0 spiro atoms. The van der Waals surface area contributed by atoms with Crippen molar-refractivity contribution in [2.24, 2.45) is 0 Å². The van der Waals surface area contributed by atoms with Gasteiger partial charge in [0.1, 0.15) is 11.0 Å². The van der Waals surface area contributed by atoms with Crippen molar-refractivity contribution in [3.63, 3.8) is 0 Å². The smallest absolute Gasteiger partial charge is 0.255 e. The molecule has 0 fully saturated rings. The monoisotopic (exact) mass is 553 g/mol. The van der Waals surface area contributed by atoms with Crippen molar-refractivity contribution in [3.05, 3.63) is 114 Å². The van der Waals surface area contributed by atoms with E-state index in [2.05, 4.69) is 15.6 Å². The Morgan fingerprint density at radius 1 is 0.923 bits per heavy atom. The first-order valence-corrected chi connectivity index (χ1v) is 14.2. The van der Waals surface area contributed by atoms with Crippen molar-refractivity contribution >= 4 is 55.9 Å². The summed E-state index contributed by atoms with van der Waals surface area (Å²) in [5, 5.41) is 5.98. The number of nitrogens with one attached hydrogen (secondary N) is 2. The van der Waals surface area contributed by atoms with Gasteiger partial charge in [-0.15, -0.1) is 11.8 Å². The molecule has 0 aliphatic carbocycles. The molecule has 0 radical (unpaired) electrons. The molecule has 0 saturated carbocycles. The topological polar surface area (TPSA) is 80.3 Å². The van der Waals surface area contributed by atoms with E-state index < -0.39 is 5.25 Å². The third-order valence-corrected chi connectivity index (χ3v) is 8.12. The first kappa shape index (κ1) is 26.5. The minimum absolute atomic E-state index is 0.160. The van der Waals surface area contributed by atoms with Crippen molar-refractivity contribution in [1.29, 1.82) is 0 Å². The van der Waals surface area contributed by atoms with E-state index >= 15 is 0 Å². The highest BCUT2D eigenvalue weighted by molar-refractivity contribution is 8.00. The van der Waals surface area contributed by atoms with Crippen LogP contribution in [-0.4, -0.2) is 23.4 Å². The molecular formula is C31H27N3O3S2. The lowest BCUT2D eigenvalue weighted by Crippen LogP contribution is -2.18. The molecule has 8 heteroatoms. The van der Waals surface area contributed by atoms with Crippen LogP contribution >= 0.6 is 23.1 Å². The van der Waals surface area contributed by atoms with Crippen LogP contribution in [0.25, 0.3) is 10.2 Å². The van der Waals surface area contributed by atoms with E-state index in [-0.39, 0.29) is 11.8 Å². The Labute approximate surface area is 235 Å². The molecule has 5 rings (SSSR count). The number of rotatable bonds is 9. The van der Waals surface area contributed by atoms with Gasteiger partial charge in [-0.2, -0.15) is 0 Å². The Bertz CT molecular complexity index is 1580. The number of nitrogens with zero attached hydrogens (tertiary/aromatic N) is 1. The number of aromatic nitrogens is 1. The van der Waals surface area contributed by atoms with Gasteiger partial charge in [-0.05, 0) is 74.0 Å². The summed E-state index contributed by atoms with van der Waals surface area (Å²) in [5.74, 6) is 0.455. The van der Waals surface area contributed by atoms with Gasteiger partial charge in [-0.25, -0.2) is 4.98 Å². The molecule has 196 valence electrons. The third-order valence-electron chi connectivity index (χ3n) is 5.92. The minimum atomic E-state index is -0.495. The summed E-state index contributed by atoms with van der Waals surface area (Å²) in [6, 6.07) is 30.3. The van der Waals surface area contributed by atoms with Crippen LogP contribution in [0.5, 0.6) is 5.75 Å². The summed E-state index contributed by atoms with van der Waals surface area (Å²) in [4.78, 5) is 31.6. The molecule has 0 bridgehead atoms. The van der Waals surface area contributed by atoms with Crippen LogP contribution in [0.1, 0.15) is 33.7 Å². The molecule has 1 atom stereocenters. The second kappa shape index (κ2) is 12.1. The van der Waals surface area contributed by atoms with E-state index in [1.807, 2.05) is 98.8 Å². The molecule has 6 nitrogen and oxygen atoms in total. The van der Waals surface area contributed by atoms with Crippen LogP contribution in [0.2, 0.25) is 0 Å². The van der Waals surface area contributed by atoms with Gasteiger partial charge >= 0.3 is 0 Å². The lowest BCUT2D eigenvalue weighted by molar-refractivity contribution is -0.115. The first-order chi connectivity index (χ1) is 19.0. The van der Waals surface area contributed by atoms with Gasteiger partial charge in [0.05, 0.1) is 16.8 Å². The maximum absolute atomic E-state index is 13.5. The van der Waals surface area contributed by atoms with Gasteiger partial charge in [0.25, 0.3) is 5.91 Å². The molecule has 2 amide bonds. The highest BCUT2D eigenvalue weighted by Crippen LogP contribution is 2.38. The van der Waals surface area contributed by atoms with Gasteiger partial charge in [-0.1, -0.05) is 59.4 Å². The maximum atomic E-state index is 13.5. The molecule has 5 aromatic rings. The number of ether oxygens (including phenoxy) is 1. The molecule has 1 unspecified atom stereocenters. The quantitative estimate of drug-likeness (QED) is 0.183. The first-order valence-electron chi connectivity index (χ1n) is 12.5. The highest BCUT2D eigenvalue weighted by Gasteiger charge is 2.23. The van der Waals surface area contributed by atoms with Crippen molar-refractivity contribution in [2.45, 2.75) is 24.0 Å². The number of thioether (sulfide) groups is 1. The van der Waals surface area contributed by atoms with Crippen molar-refractivity contribution in [3.8, 4) is 5.75 Å². The Hall–Kier alpha value is -4.14. The fraction of sp³-hybridized carbons (Fsp3) is 0.129. The molecule has 2 N–H and O–H groups in total. The number of hydrogen-bond donors (Lipinski definition) is 2. The number of benzene rings is 4. The molecule has 0 aliphatic heterocycles. The average Bonchev–Trinajstić information content (AvgIpc) is 3.35. The zero-order valence-electron chi connectivity index (χ0n) is 21.5. The second-order valence-electron chi connectivity index (χ2n) is 8.82. The van der Waals surface area contributed by atoms with Gasteiger partial charge in [0, 0.05) is 16.1 Å². The van der Waals surface area contributed by atoms with Gasteiger partial charge in [0.2, 0.25) is 5.91 Å². The summed E-state index contributed by atoms with van der Waals surface area (Å²) in [6.45, 7) is 4.52. The summed E-state index contributed by atoms with van der Waals surface area (Å²) in [7, 11) is 0. The van der Waals surface area contributed by atoms with Crippen molar-refractivity contribution in [2.75, 3.05) is 17.2 Å². The predicted molar refractivity (Wildman–Crippen MR) is 160 cm³/mol. The number of hydrogen-bond acceptors (Lipinski definition) is 6. The number of carbonyl (C=O) groups is 2. The van der Waals surface area contributed by atoms with Gasteiger partial charge < -0.3 is 15.4 Å². The summed E-state index contributed by atoms with van der Waals surface area (Å²) in [6.07, 6.45) is 0. The average molecular weight is 554 g/mol. The Kier molecular flexibility index (Phi) is 8.24. The van der Waals surface area contributed by atoms with E-state index in [4.69, 9.17) is 4.74 Å². The predicted octanol–water partition coefficient (Wildman–Crippen LogP) is 7.73. The van der Waals surface area contributed by atoms with Crippen LogP contribution in [0.15, 0.2) is 102 Å². The number of carbonyl (C=O) groups excluding carboxylic acids is 2. The third kappa shape index (κ3) is 6.66. The van der Waals surface area contributed by atoms with E-state index in [9.17, 15) is 9.59 Å². The van der Waals surface area contributed by atoms with Crippen LogP contribution < -0.4 is 15.4 Å². The standard InChI is InChI=1S/C31H27N3O3S2/c1-3-37-24-15-18-26-27(19-24)39-31(33-26)34-30(36)28(21-7-5-4-6-8-21)38-25-16-13-23(14-17-25)32-29(35)22-11-9-20(2)10-12-22/h4-19,28H,3H2,1-2H3,(H,32,35)(H,33,34,36). The second-order valence-corrected chi connectivity index (χ2v) is 11.0. The number of fused-ring (bicyclic) bond motifs is 1. The summed E-state index contributed by atoms with van der Waals surface area (Å²) >= 11 is 2.86. The summed E-state index contributed by atoms with van der Waals surface area (Å²) in [5.41, 5.74) is 4.08. The lowest BCUT2D eigenvalue weighted by Gasteiger charge is -2.16. The molecule has 0 aliphatic rings. The number of amides is 2. The van der Waals surface area contributed by atoms with E-state index in [1.165, 1.54) is 23.1 Å². The van der Waals surface area contributed by atoms with Crippen LogP contribution in [0, 0.1) is 6.92 Å². The van der Waals surface area contributed by atoms with Crippen LogP contribution in [0.3, 0.4) is 0 Å². The fourth-order valence-electron chi connectivity index (χ4n) is 3.95. The SMILES string of the molecule is CCOc1ccc2nc(NC(=O)C(Sc3ccc(NC(=O)c4ccc(C)cc4)cc3)c3ccccc3)sc2c1. The largest absolute Gasteiger partial charge is 0.494 e. The summed E-state index contributed by atoms with van der Waals surface area (Å²) < 4.78 is 6.54. The molecule has 1 aromatic heterocycles. The Balaban J connectivity index is 1.31. The van der Waals surface area contributed by atoms with Crippen LogP contribution in [0.4, 0.5) is 10.8 Å². The van der Waals surface area contributed by atoms with Gasteiger partial charge in [-0.3, -0.25) is 9.59 Å². The number of anilines is 2. The zero-order chi connectivity index (χ0) is 27.2. The van der Waals surface area contributed by atoms with Crippen molar-refractivity contribution < 1.29 is 14.3 Å². The van der Waals surface area contributed by atoms with Crippen LogP contribution in [-0.2, 0) is 4.79 Å². The fourth-order valence-corrected chi connectivity index (χ4v) is 5.87. The lowest BCUT2D eigenvalue weighted by atomic mass is 10.1. The maximum Gasteiger partial charge on any atom is 0.255 e. The highest BCUT2D eigenvalue weighted by atomic mass is 32.2. The Morgan fingerprint density at radius 2 is 1.67 bits per heavy atom. The number of aryl methyl sites for hydroxylation is 1. The minimum Gasteiger partial charge on any atom is -0.494 e. The molecule has 4 aromatic carbocycles. The molecule has 1 heterocycles. The van der Waals surface area contributed by atoms with Crippen molar-refractivity contribution in [1.82, 2.24) is 4.98 Å². The normalized spacial score (nSPS) is 11.6. The molecule has 39 heavy (non-hydrogen) atoms. The van der Waals surface area contributed by atoms with E-state index in [0.717, 1.165) is 32.0 Å². The molecule has 0 saturated heterocycles.